The maximum Gasteiger partial charge on any atom is 0.264 e. The summed E-state index contributed by atoms with van der Waals surface area (Å²) in [5, 5.41) is 1.16. The molecule has 3 aromatic rings. The van der Waals surface area contributed by atoms with Crippen LogP contribution >= 0.6 is 11.3 Å². The first kappa shape index (κ1) is 17.2. The zero-order chi connectivity index (χ0) is 17.9. The van der Waals surface area contributed by atoms with Crippen molar-refractivity contribution in [2.45, 2.75) is 19.9 Å². The smallest absolute Gasteiger partial charge is 0.264 e. The maximum absolute atomic E-state index is 12.9. The number of hydrogen-bond acceptors (Lipinski definition) is 4. The molecule has 26 heavy (non-hydrogen) atoms. The molecule has 0 atom stereocenters. The molecule has 4 nitrogen and oxygen atoms in total. The fourth-order valence-corrected chi connectivity index (χ4v) is 4.52. The van der Waals surface area contributed by atoms with Crippen molar-refractivity contribution in [3.8, 4) is 0 Å². The molecule has 134 valence electrons. The van der Waals surface area contributed by atoms with Gasteiger partial charge in [0.15, 0.2) is 0 Å². The van der Waals surface area contributed by atoms with E-state index in [0.29, 0.717) is 0 Å². The van der Waals surface area contributed by atoms with Gasteiger partial charge >= 0.3 is 0 Å². The Kier molecular flexibility index (Phi) is 5.00. The SMILES string of the molecule is Cc1cccc(CN2CCCN(C(=O)c3cc4ccccc4s3)CC2)n1. The van der Waals surface area contributed by atoms with Crippen molar-refractivity contribution >= 4 is 27.3 Å². The summed E-state index contributed by atoms with van der Waals surface area (Å²) < 4.78 is 1.18. The summed E-state index contributed by atoms with van der Waals surface area (Å²) in [6.07, 6.45) is 1.00. The number of benzene rings is 1. The van der Waals surface area contributed by atoms with Crippen LogP contribution in [-0.2, 0) is 6.54 Å². The van der Waals surface area contributed by atoms with Crippen molar-refractivity contribution in [1.29, 1.82) is 0 Å². The molecule has 0 radical (unpaired) electrons. The van der Waals surface area contributed by atoms with Gasteiger partial charge in [0.25, 0.3) is 5.91 Å². The third-order valence-electron chi connectivity index (χ3n) is 4.84. The average molecular weight is 366 g/mol. The number of hydrogen-bond donors (Lipinski definition) is 0. The molecule has 4 rings (SSSR count). The lowest BCUT2D eigenvalue weighted by Crippen LogP contribution is -2.34. The summed E-state index contributed by atoms with van der Waals surface area (Å²) in [4.78, 5) is 22.8. The molecule has 2 aromatic heterocycles. The molecule has 1 aliphatic heterocycles. The number of carbonyl (C=O) groups excluding carboxylic acids is 1. The van der Waals surface area contributed by atoms with Gasteiger partial charge in [0.05, 0.1) is 10.6 Å². The molecular formula is C21H23N3OS. The van der Waals surface area contributed by atoms with E-state index < -0.39 is 0 Å². The quantitative estimate of drug-likeness (QED) is 0.705. The standard InChI is InChI=1S/C21H23N3OS/c1-16-6-4-8-18(22-16)15-23-10-5-11-24(13-12-23)21(25)20-14-17-7-2-3-9-19(17)26-20/h2-4,6-9,14H,5,10-13,15H2,1H3. The van der Waals surface area contributed by atoms with Crippen LogP contribution in [0.3, 0.4) is 0 Å². The van der Waals surface area contributed by atoms with Crippen LogP contribution in [0.5, 0.6) is 0 Å². The lowest BCUT2D eigenvalue weighted by Gasteiger charge is -2.21. The fourth-order valence-electron chi connectivity index (χ4n) is 3.49. The van der Waals surface area contributed by atoms with Crippen molar-refractivity contribution in [3.05, 3.63) is 64.8 Å². The Labute approximate surface area is 158 Å². The van der Waals surface area contributed by atoms with E-state index in [4.69, 9.17) is 0 Å². The van der Waals surface area contributed by atoms with Gasteiger partial charge in [-0.25, -0.2) is 0 Å². The predicted molar refractivity (Wildman–Crippen MR) is 107 cm³/mol. The third-order valence-corrected chi connectivity index (χ3v) is 5.95. The van der Waals surface area contributed by atoms with Crippen molar-refractivity contribution in [2.75, 3.05) is 26.2 Å². The van der Waals surface area contributed by atoms with Gasteiger partial charge in [-0.2, -0.15) is 0 Å². The number of rotatable bonds is 3. The molecule has 0 aliphatic carbocycles. The van der Waals surface area contributed by atoms with Crippen LogP contribution in [0.25, 0.3) is 10.1 Å². The topological polar surface area (TPSA) is 36.4 Å². The molecule has 0 spiro atoms. The van der Waals surface area contributed by atoms with E-state index in [0.717, 1.165) is 60.8 Å². The van der Waals surface area contributed by atoms with Crippen LogP contribution in [0.4, 0.5) is 0 Å². The number of aryl methyl sites for hydroxylation is 1. The zero-order valence-corrected chi connectivity index (χ0v) is 15.8. The molecule has 0 bridgehead atoms. The van der Waals surface area contributed by atoms with Crippen molar-refractivity contribution in [2.24, 2.45) is 0 Å². The summed E-state index contributed by atoms with van der Waals surface area (Å²) in [6, 6.07) is 16.4. The highest BCUT2D eigenvalue weighted by Gasteiger charge is 2.22. The first-order chi connectivity index (χ1) is 12.7. The molecule has 0 N–H and O–H groups in total. The van der Waals surface area contributed by atoms with E-state index >= 15 is 0 Å². The van der Waals surface area contributed by atoms with E-state index in [1.165, 1.54) is 4.70 Å². The van der Waals surface area contributed by atoms with E-state index in [-0.39, 0.29) is 5.91 Å². The molecule has 3 heterocycles. The van der Waals surface area contributed by atoms with Gasteiger partial charge in [0, 0.05) is 43.1 Å². The number of fused-ring (bicyclic) bond motifs is 1. The van der Waals surface area contributed by atoms with Crippen LogP contribution in [0.15, 0.2) is 48.5 Å². The van der Waals surface area contributed by atoms with Crippen LogP contribution in [0.2, 0.25) is 0 Å². The Bertz CT molecular complexity index is 887. The maximum atomic E-state index is 12.9. The van der Waals surface area contributed by atoms with Crippen LogP contribution in [-0.4, -0.2) is 46.9 Å². The normalized spacial score (nSPS) is 16.0. The predicted octanol–water partition coefficient (Wildman–Crippen LogP) is 3.95. The van der Waals surface area contributed by atoms with Crippen molar-refractivity contribution < 1.29 is 4.79 Å². The van der Waals surface area contributed by atoms with Crippen LogP contribution < -0.4 is 0 Å². The minimum Gasteiger partial charge on any atom is -0.337 e. The second-order valence-electron chi connectivity index (χ2n) is 6.84. The number of amides is 1. The zero-order valence-electron chi connectivity index (χ0n) is 15.0. The second kappa shape index (κ2) is 7.56. The van der Waals surface area contributed by atoms with E-state index in [9.17, 15) is 4.79 Å². The summed E-state index contributed by atoms with van der Waals surface area (Å²) in [5.74, 6) is 0.168. The number of carbonyl (C=O) groups is 1. The molecule has 1 aromatic carbocycles. The monoisotopic (exact) mass is 365 g/mol. The van der Waals surface area contributed by atoms with E-state index in [1.807, 2.05) is 36.1 Å². The molecule has 0 saturated carbocycles. The van der Waals surface area contributed by atoms with Gasteiger partial charge in [-0.05, 0) is 43.0 Å². The lowest BCUT2D eigenvalue weighted by molar-refractivity contribution is 0.0766. The number of thiophene rings is 1. The van der Waals surface area contributed by atoms with Gasteiger partial charge in [-0.1, -0.05) is 24.3 Å². The summed E-state index contributed by atoms with van der Waals surface area (Å²) in [7, 11) is 0. The molecule has 0 unspecified atom stereocenters. The molecule has 1 fully saturated rings. The van der Waals surface area contributed by atoms with Gasteiger partial charge < -0.3 is 4.90 Å². The first-order valence-corrected chi connectivity index (χ1v) is 9.93. The van der Waals surface area contributed by atoms with Gasteiger partial charge in [0.2, 0.25) is 0 Å². The summed E-state index contributed by atoms with van der Waals surface area (Å²) in [6.45, 7) is 6.38. The molecule has 1 amide bonds. The Morgan fingerprint density at radius 1 is 1.08 bits per heavy atom. The Morgan fingerprint density at radius 2 is 1.96 bits per heavy atom. The molecule has 1 aliphatic rings. The first-order valence-electron chi connectivity index (χ1n) is 9.12. The van der Waals surface area contributed by atoms with Crippen molar-refractivity contribution in [1.82, 2.24) is 14.8 Å². The largest absolute Gasteiger partial charge is 0.337 e. The Hall–Kier alpha value is -2.24. The van der Waals surface area contributed by atoms with Gasteiger partial charge in [0.1, 0.15) is 0 Å². The minimum absolute atomic E-state index is 0.168. The summed E-state index contributed by atoms with van der Waals surface area (Å²) >= 11 is 1.60. The highest BCUT2D eigenvalue weighted by atomic mass is 32.1. The summed E-state index contributed by atoms with van der Waals surface area (Å²) in [5.41, 5.74) is 2.16. The number of pyridine rings is 1. The van der Waals surface area contributed by atoms with Gasteiger partial charge in [-0.15, -0.1) is 11.3 Å². The molecule has 5 heteroatoms. The van der Waals surface area contributed by atoms with Gasteiger partial charge in [-0.3, -0.25) is 14.7 Å². The van der Waals surface area contributed by atoms with Crippen molar-refractivity contribution in [3.63, 3.8) is 0 Å². The fraction of sp³-hybridized carbons (Fsp3) is 0.333. The Balaban J connectivity index is 1.42. The lowest BCUT2D eigenvalue weighted by atomic mass is 10.2. The average Bonchev–Trinajstić information content (AvgIpc) is 2.94. The second-order valence-corrected chi connectivity index (χ2v) is 7.92. The Morgan fingerprint density at radius 3 is 2.81 bits per heavy atom. The third kappa shape index (κ3) is 3.79. The highest BCUT2D eigenvalue weighted by Crippen LogP contribution is 2.26. The number of aromatic nitrogens is 1. The number of nitrogens with zero attached hydrogens (tertiary/aromatic N) is 3. The van der Waals surface area contributed by atoms with Crippen LogP contribution in [0.1, 0.15) is 27.5 Å². The van der Waals surface area contributed by atoms with E-state index in [2.05, 4.69) is 34.1 Å². The highest BCUT2D eigenvalue weighted by molar-refractivity contribution is 7.20. The van der Waals surface area contributed by atoms with Crippen LogP contribution in [0, 0.1) is 6.92 Å². The van der Waals surface area contributed by atoms with E-state index in [1.54, 1.807) is 11.3 Å². The molecular weight excluding hydrogens is 342 g/mol. The minimum atomic E-state index is 0.168. The molecule has 1 saturated heterocycles.